The van der Waals surface area contributed by atoms with Gasteiger partial charge in [-0.1, -0.05) is 6.07 Å². The van der Waals surface area contributed by atoms with Crippen molar-refractivity contribution in [2.75, 3.05) is 28.3 Å². The van der Waals surface area contributed by atoms with Gasteiger partial charge in [0.15, 0.2) is 9.84 Å². The van der Waals surface area contributed by atoms with Crippen LogP contribution in [0.2, 0.25) is 0 Å². The van der Waals surface area contributed by atoms with E-state index in [-0.39, 0.29) is 17.5 Å². The lowest BCUT2D eigenvalue weighted by atomic mass is 10.2. The quantitative estimate of drug-likeness (QED) is 0.875. The Hall–Kier alpha value is -2.66. The molecule has 0 aliphatic carbocycles. The fourth-order valence-corrected chi connectivity index (χ4v) is 4.69. The highest BCUT2D eigenvalue weighted by atomic mass is 32.2. The molecule has 7 nitrogen and oxygen atoms in total. The van der Waals surface area contributed by atoms with Gasteiger partial charge in [-0.3, -0.25) is 0 Å². The van der Waals surface area contributed by atoms with E-state index in [4.69, 9.17) is 5.26 Å². The van der Waals surface area contributed by atoms with E-state index in [0.717, 1.165) is 5.69 Å². The van der Waals surface area contributed by atoms with Gasteiger partial charge >= 0.3 is 0 Å². The maximum atomic E-state index is 11.8. The minimum absolute atomic E-state index is 0.0906. The summed E-state index contributed by atoms with van der Waals surface area (Å²) in [4.78, 5) is 10.8. The summed E-state index contributed by atoms with van der Waals surface area (Å²) < 4.78 is 23.5. The second kappa shape index (κ2) is 7.07. The number of hydrogen-bond acceptors (Lipinski definition) is 7. The second-order valence-corrected chi connectivity index (χ2v) is 8.13. The second-order valence-electron chi connectivity index (χ2n) is 5.90. The first kappa shape index (κ1) is 17.2. The van der Waals surface area contributed by atoms with Crippen molar-refractivity contribution >= 4 is 27.3 Å². The normalized spacial score (nSPS) is 18.5. The fraction of sp³-hybridized carbons (Fsp3) is 0.353. The molecule has 1 aromatic heterocycles. The number of aromatic nitrogens is 2. The van der Waals surface area contributed by atoms with Crippen molar-refractivity contribution in [1.29, 1.82) is 5.26 Å². The van der Waals surface area contributed by atoms with E-state index in [1.165, 1.54) is 0 Å². The summed E-state index contributed by atoms with van der Waals surface area (Å²) in [5.74, 6) is 1.46. The molecule has 1 atom stereocenters. The summed E-state index contributed by atoms with van der Waals surface area (Å²) in [7, 11) is -2.97. The van der Waals surface area contributed by atoms with Crippen LogP contribution in [0.3, 0.4) is 0 Å². The molecule has 2 aromatic rings. The van der Waals surface area contributed by atoms with Gasteiger partial charge in [-0.25, -0.2) is 13.4 Å². The number of nitrogens with zero attached hydrogens (tertiary/aromatic N) is 4. The van der Waals surface area contributed by atoms with Crippen LogP contribution in [0, 0.1) is 11.3 Å². The van der Waals surface area contributed by atoms with Gasteiger partial charge in [0.25, 0.3) is 0 Å². The highest BCUT2D eigenvalue weighted by molar-refractivity contribution is 7.91. The smallest absolute Gasteiger partial charge is 0.227 e. The minimum Gasteiger partial charge on any atom is -0.340 e. The van der Waals surface area contributed by atoms with Crippen molar-refractivity contribution < 1.29 is 8.42 Å². The van der Waals surface area contributed by atoms with Gasteiger partial charge in [-0.2, -0.15) is 10.2 Å². The molecule has 3 rings (SSSR count). The zero-order valence-corrected chi connectivity index (χ0v) is 14.7. The lowest BCUT2D eigenvalue weighted by molar-refractivity contribution is 0.599. The van der Waals surface area contributed by atoms with Crippen LogP contribution in [0.15, 0.2) is 36.5 Å². The molecular formula is C17H19N5O2S. The predicted molar refractivity (Wildman–Crippen MR) is 96.6 cm³/mol. The Morgan fingerprint density at radius 3 is 2.92 bits per heavy atom. The van der Waals surface area contributed by atoms with Crippen molar-refractivity contribution in [1.82, 2.24) is 9.97 Å². The van der Waals surface area contributed by atoms with E-state index >= 15 is 0 Å². The number of nitriles is 1. The Morgan fingerprint density at radius 1 is 1.40 bits per heavy atom. The molecule has 0 amide bonds. The molecule has 1 fully saturated rings. The van der Waals surface area contributed by atoms with Crippen LogP contribution in [0.25, 0.3) is 0 Å². The molecule has 0 saturated carbocycles. The Morgan fingerprint density at radius 2 is 2.24 bits per heavy atom. The van der Waals surface area contributed by atoms with Crippen LogP contribution in [-0.4, -0.2) is 42.5 Å². The van der Waals surface area contributed by atoms with E-state index in [1.54, 1.807) is 30.5 Å². The average Bonchev–Trinajstić information content (AvgIpc) is 2.96. The number of sulfone groups is 1. The first-order valence-electron chi connectivity index (χ1n) is 8.08. The summed E-state index contributed by atoms with van der Waals surface area (Å²) in [5, 5.41) is 12.1. The van der Waals surface area contributed by atoms with Crippen molar-refractivity contribution in [2.24, 2.45) is 0 Å². The van der Waals surface area contributed by atoms with Crippen molar-refractivity contribution in [2.45, 2.75) is 19.4 Å². The van der Waals surface area contributed by atoms with Crippen LogP contribution in [0.5, 0.6) is 0 Å². The zero-order valence-electron chi connectivity index (χ0n) is 13.9. The summed E-state index contributed by atoms with van der Waals surface area (Å²) >= 11 is 0. The molecule has 1 unspecified atom stereocenters. The largest absolute Gasteiger partial charge is 0.340 e. The molecule has 25 heavy (non-hydrogen) atoms. The minimum atomic E-state index is -2.97. The molecule has 1 N–H and O–H groups in total. The van der Waals surface area contributed by atoms with Gasteiger partial charge in [0, 0.05) is 24.5 Å². The summed E-state index contributed by atoms with van der Waals surface area (Å²) in [6.07, 6.45) is 2.24. The number of anilines is 3. The van der Waals surface area contributed by atoms with E-state index in [9.17, 15) is 8.42 Å². The molecule has 0 radical (unpaired) electrons. The van der Waals surface area contributed by atoms with Gasteiger partial charge in [-0.15, -0.1) is 0 Å². The van der Waals surface area contributed by atoms with E-state index in [2.05, 4.69) is 21.4 Å². The van der Waals surface area contributed by atoms with Crippen molar-refractivity contribution in [3.05, 3.63) is 42.1 Å². The maximum Gasteiger partial charge on any atom is 0.227 e. The first-order chi connectivity index (χ1) is 12.0. The third-order valence-electron chi connectivity index (χ3n) is 4.15. The van der Waals surface area contributed by atoms with Crippen LogP contribution >= 0.6 is 0 Å². The van der Waals surface area contributed by atoms with Gasteiger partial charge in [0.05, 0.1) is 23.1 Å². The molecule has 1 aliphatic rings. The summed E-state index contributed by atoms with van der Waals surface area (Å²) in [6.45, 7) is 2.60. The highest BCUT2D eigenvalue weighted by Crippen LogP contribution is 2.23. The van der Waals surface area contributed by atoms with Crippen LogP contribution in [0.4, 0.5) is 17.5 Å². The van der Waals surface area contributed by atoms with Gasteiger partial charge in [0.1, 0.15) is 5.82 Å². The molecule has 1 aromatic carbocycles. The Balaban J connectivity index is 1.81. The number of benzene rings is 1. The van der Waals surface area contributed by atoms with Crippen molar-refractivity contribution in [3.63, 3.8) is 0 Å². The van der Waals surface area contributed by atoms with E-state index in [0.29, 0.717) is 30.3 Å². The Labute approximate surface area is 147 Å². The van der Waals surface area contributed by atoms with Gasteiger partial charge < -0.3 is 10.2 Å². The lowest BCUT2D eigenvalue weighted by Gasteiger charge is -2.26. The topological polar surface area (TPSA) is 99.0 Å². The fourth-order valence-electron chi connectivity index (χ4n) is 2.95. The third-order valence-corrected chi connectivity index (χ3v) is 5.90. The molecular weight excluding hydrogens is 338 g/mol. The molecule has 0 bridgehead atoms. The molecule has 8 heteroatoms. The molecule has 1 aliphatic heterocycles. The Kier molecular flexibility index (Phi) is 4.86. The van der Waals surface area contributed by atoms with Crippen LogP contribution in [-0.2, 0) is 9.84 Å². The molecule has 2 heterocycles. The highest BCUT2D eigenvalue weighted by Gasteiger charge is 2.32. The third kappa shape index (κ3) is 4.06. The monoisotopic (exact) mass is 357 g/mol. The lowest BCUT2D eigenvalue weighted by Crippen LogP contribution is -2.37. The number of nitrogens with one attached hydrogen (secondary N) is 1. The number of hydrogen-bond donors (Lipinski definition) is 1. The van der Waals surface area contributed by atoms with E-state index < -0.39 is 9.84 Å². The standard InChI is InChI=1S/C17H19N5O2S/c1-2-22(15-7-9-25(23,24)12-15)17-19-8-6-16(21-17)20-14-5-3-4-13(10-14)11-18/h3-6,8,10,15H,2,7,9,12H2,1H3,(H,19,20,21). The Bertz CT molecular complexity index is 907. The predicted octanol–water partition coefficient (Wildman–Crippen LogP) is 2.11. The maximum absolute atomic E-state index is 11.8. The zero-order chi connectivity index (χ0) is 17.9. The van der Waals surface area contributed by atoms with E-state index in [1.807, 2.05) is 17.9 Å². The number of rotatable bonds is 5. The molecule has 0 spiro atoms. The summed E-state index contributed by atoms with van der Waals surface area (Å²) in [6, 6.07) is 10.9. The van der Waals surface area contributed by atoms with Crippen molar-refractivity contribution in [3.8, 4) is 6.07 Å². The molecule has 1 saturated heterocycles. The first-order valence-corrected chi connectivity index (χ1v) is 9.90. The van der Waals surface area contributed by atoms with Crippen LogP contribution in [0.1, 0.15) is 18.9 Å². The van der Waals surface area contributed by atoms with Gasteiger partial charge in [0.2, 0.25) is 5.95 Å². The SMILES string of the molecule is CCN(c1nccc(Nc2cccc(C#N)c2)n1)C1CCS(=O)(=O)C1. The van der Waals surface area contributed by atoms with Gasteiger partial charge in [-0.05, 0) is 37.6 Å². The van der Waals surface area contributed by atoms with Crippen LogP contribution < -0.4 is 10.2 Å². The summed E-state index contributed by atoms with van der Waals surface area (Å²) in [5.41, 5.74) is 1.32. The molecule has 130 valence electrons. The average molecular weight is 357 g/mol.